The van der Waals surface area contributed by atoms with Gasteiger partial charge in [0.1, 0.15) is 12.2 Å². The van der Waals surface area contributed by atoms with Gasteiger partial charge in [-0.15, -0.1) is 0 Å². The summed E-state index contributed by atoms with van der Waals surface area (Å²) in [5.41, 5.74) is 2.78. The standard InChI is InChI=1S/C10H21N5O/c1-3-5-16-6-4-9(14-11)7-10-12-8-13-15(10)2/h8-9,14H,3-7,11H2,1-2H3. The fourth-order valence-electron chi connectivity index (χ4n) is 1.44. The number of nitrogens with two attached hydrogens (primary N) is 1. The van der Waals surface area contributed by atoms with E-state index in [0.29, 0.717) is 0 Å². The third-order valence-electron chi connectivity index (χ3n) is 2.43. The van der Waals surface area contributed by atoms with Gasteiger partial charge >= 0.3 is 0 Å². The lowest BCUT2D eigenvalue weighted by molar-refractivity contribution is 0.124. The van der Waals surface area contributed by atoms with Crippen LogP contribution < -0.4 is 11.3 Å². The number of rotatable bonds is 8. The molecule has 92 valence electrons. The molecule has 6 nitrogen and oxygen atoms in total. The Morgan fingerprint density at radius 2 is 2.38 bits per heavy atom. The first-order chi connectivity index (χ1) is 7.77. The summed E-state index contributed by atoms with van der Waals surface area (Å²) in [6.45, 7) is 3.63. The monoisotopic (exact) mass is 227 g/mol. The molecule has 0 aliphatic carbocycles. The first-order valence-electron chi connectivity index (χ1n) is 5.64. The van der Waals surface area contributed by atoms with Crippen LogP contribution in [0.3, 0.4) is 0 Å². The van der Waals surface area contributed by atoms with Gasteiger partial charge in [-0.1, -0.05) is 6.92 Å². The lowest BCUT2D eigenvalue weighted by Crippen LogP contribution is -2.38. The van der Waals surface area contributed by atoms with Gasteiger partial charge in [0.05, 0.1) is 0 Å². The Balaban J connectivity index is 2.29. The van der Waals surface area contributed by atoms with Crippen LogP contribution in [0.1, 0.15) is 25.6 Å². The molecule has 0 aliphatic heterocycles. The molecule has 16 heavy (non-hydrogen) atoms. The minimum absolute atomic E-state index is 0.180. The topological polar surface area (TPSA) is 78.0 Å². The summed E-state index contributed by atoms with van der Waals surface area (Å²) in [5, 5.41) is 4.02. The number of hydrazine groups is 1. The van der Waals surface area contributed by atoms with Crippen molar-refractivity contribution in [2.45, 2.75) is 32.2 Å². The minimum atomic E-state index is 0.180. The molecule has 0 fully saturated rings. The number of ether oxygens (including phenoxy) is 1. The molecular formula is C10H21N5O. The van der Waals surface area contributed by atoms with E-state index in [1.54, 1.807) is 11.0 Å². The van der Waals surface area contributed by atoms with Crippen molar-refractivity contribution >= 4 is 0 Å². The summed E-state index contributed by atoms with van der Waals surface area (Å²) in [5.74, 6) is 6.42. The molecule has 1 rings (SSSR count). The van der Waals surface area contributed by atoms with Crippen LogP contribution in [0.5, 0.6) is 0 Å². The van der Waals surface area contributed by atoms with Gasteiger partial charge in [-0.25, -0.2) is 4.98 Å². The average Bonchev–Trinajstić information content (AvgIpc) is 2.68. The zero-order valence-electron chi connectivity index (χ0n) is 10.0. The van der Waals surface area contributed by atoms with Crippen LogP contribution in [-0.4, -0.2) is 34.0 Å². The number of hydrogen-bond donors (Lipinski definition) is 2. The molecule has 1 aromatic heterocycles. The first-order valence-corrected chi connectivity index (χ1v) is 5.64. The zero-order chi connectivity index (χ0) is 11.8. The number of nitrogens with one attached hydrogen (secondary N) is 1. The van der Waals surface area contributed by atoms with Crippen molar-refractivity contribution in [3.05, 3.63) is 12.2 Å². The summed E-state index contributed by atoms with van der Waals surface area (Å²) in [4.78, 5) is 4.16. The van der Waals surface area contributed by atoms with Crippen LogP contribution in [0.15, 0.2) is 6.33 Å². The fraction of sp³-hybridized carbons (Fsp3) is 0.800. The predicted molar refractivity (Wildman–Crippen MR) is 61.5 cm³/mol. The second-order valence-electron chi connectivity index (χ2n) is 3.77. The number of hydrogen-bond acceptors (Lipinski definition) is 5. The Labute approximate surface area is 96.2 Å². The van der Waals surface area contributed by atoms with E-state index in [1.807, 2.05) is 7.05 Å². The third kappa shape index (κ3) is 4.26. The highest BCUT2D eigenvalue weighted by Crippen LogP contribution is 2.01. The molecule has 1 aromatic rings. The van der Waals surface area contributed by atoms with Gasteiger partial charge in [0.25, 0.3) is 0 Å². The van der Waals surface area contributed by atoms with Crippen molar-refractivity contribution in [3.63, 3.8) is 0 Å². The lowest BCUT2D eigenvalue weighted by Gasteiger charge is -2.15. The van der Waals surface area contributed by atoms with Crippen molar-refractivity contribution in [2.75, 3.05) is 13.2 Å². The van der Waals surface area contributed by atoms with Gasteiger partial charge in [0.2, 0.25) is 0 Å². The summed E-state index contributed by atoms with van der Waals surface area (Å²) >= 11 is 0. The highest BCUT2D eigenvalue weighted by Gasteiger charge is 2.11. The normalized spacial score (nSPS) is 12.9. The summed E-state index contributed by atoms with van der Waals surface area (Å²) in [7, 11) is 1.88. The molecule has 1 atom stereocenters. The summed E-state index contributed by atoms with van der Waals surface area (Å²) in [6, 6.07) is 0.180. The molecule has 1 heterocycles. The molecule has 0 aliphatic rings. The highest BCUT2D eigenvalue weighted by atomic mass is 16.5. The highest BCUT2D eigenvalue weighted by molar-refractivity contribution is 4.88. The van der Waals surface area contributed by atoms with E-state index < -0.39 is 0 Å². The SMILES string of the molecule is CCCOCCC(Cc1ncnn1C)NN. The van der Waals surface area contributed by atoms with Crippen LogP contribution in [0.2, 0.25) is 0 Å². The third-order valence-corrected chi connectivity index (χ3v) is 2.43. The van der Waals surface area contributed by atoms with E-state index >= 15 is 0 Å². The van der Waals surface area contributed by atoms with E-state index in [-0.39, 0.29) is 6.04 Å². The molecule has 6 heteroatoms. The maximum absolute atomic E-state index is 5.49. The molecule has 0 radical (unpaired) electrons. The summed E-state index contributed by atoms with van der Waals surface area (Å²) < 4.78 is 7.19. The minimum Gasteiger partial charge on any atom is -0.381 e. The van der Waals surface area contributed by atoms with Gasteiger partial charge in [-0.3, -0.25) is 16.0 Å². The van der Waals surface area contributed by atoms with Crippen LogP contribution in [-0.2, 0) is 18.2 Å². The molecule has 0 amide bonds. The van der Waals surface area contributed by atoms with Gasteiger partial charge < -0.3 is 4.74 Å². The lowest BCUT2D eigenvalue weighted by atomic mass is 10.1. The second-order valence-corrected chi connectivity index (χ2v) is 3.77. The Morgan fingerprint density at radius 1 is 1.56 bits per heavy atom. The van der Waals surface area contributed by atoms with E-state index in [2.05, 4.69) is 22.4 Å². The zero-order valence-corrected chi connectivity index (χ0v) is 10.0. The van der Waals surface area contributed by atoms with Crippen LogP contribution in [0.4, 0.5) is 0 Å². The Hall–Kier alpha value is -0.980. The number of aromatic nitrogens is 3. The Bertz CT molecular complexity index is 288. The Morgan fingerprint density at radius 3 is 2.94 bits per heavy atom. The van der Waals surface area contributed by atoms with Gasteiger partial charge in [0.15, 0.2) is 0 Å². The molecule has 1 unspecified atom stereocenters. The van der Waals surface area contributed by atoms with E-state index in [4.69, 9.17) is 10.6 Å². The molecule has 3 N–H and O–H groups in total. The predicted octanol–water partition coefficient (Wildman–Crippen LogP) is 0.00620. The van der Waals surface area contributed by atoms with Crippen LogP contribution >= 0.6 is 0 Å². The maximum atomic E-state index is 5.49. The number of nitrogens with zero attached hydrogens (tertiary/aromatic N) is 3. The molecule has 0 saturated heterocycles. The van der Waals surface area contributed by atoms with Gasteiger partial charge in [-0.05, 0) is 12.8 Å². The number of aryl methyl sites for hydroxylation is 1. The second kappa shape index (κ2) is 7.32. The van der Waals surface area contributed by atoms with Crippen molar-refractivity contribution in [1.29, 1.82) is 0 Å². The van der Waals surface area contributed by atoms with Crippen molar-refractivity contribution in [3.8, 4) is 0 Å². The van der Waals surface area contributed by atoms with Crippen LogP contribution in [0, 0.1) is 0 Å². The van der Waals surface area contributed by atoms with E-state index in [9.17, 15) is 0 Å². The summed E-state index contributed by atoms with van der Waals surface area (Å²) in [6.07, 6.45) is 4.24. The quantitative estimate of drug-likeness (QED) is 0.371. The molecular weight excluding hydrogens is 206 g/mol. The smallest absolute Gasteiger partial charge is 0.138 e. The maximum Gasteiger partial charge on any atom is 0.138 e. The van der Waals surface area contributed by atoms with Gasteiger partial charge in [-0.2, -0.15) is 5.10 Å². The Kier molecular flexibility index (Phi) is 5.99. The molecule has 0 bridgehead atoms. The molecule has 0 aromatic carbocycles. The molecule has 0 saturated carbocycles. The van der Waals surface area contributed by atoms with Crippen molar-refractivity contribution in [1.82, 2.24) is 20.2 Å². The largest absolute Gasteiger partial charge is 0.381 e. The van der Waals surface area contributed by atoms with Crippen molar-refractivity contribution < 1.29 is 4.74 Å². The van der Waals surface area contributed by atoms with E-state index in [0.717, 1.165) is 38.3 Å². The van der Waals surface area contributed by atoms with E-state index in [1.165, 1.54) is 0 Å². The van der Waals surface area contributed by atoms with Crippen molar-refractivity contribution in [2.24, 2.45) is 12.9 Å². The average molecular weight is 227 g/mol. The molecule has 0 spiro atoms. The fourth-order valence-corrected chi connectivity index (χ4v) is 1.44. The van der Waals surface area contributed by atoms with Crippen LogP contribution in [0.25, 0.3) is 0 Å². The van der Waals surface area contributed by atoms with Gasteiger partial charge in [0, 0.05) is 32.7 Å². The first kappa shape index (κ1) is 13.1.